The summed E-state index contributed by atoms with van der Waals surface area (Å²) >= 11 is 0. The summed E-state index contributed by atoms with van der Waals surface area (Å²) in [6.07, 6.45) is 3.51. The predicted octanol–water partition coefficient (Wildman–Crippen LogP) is 2.37. The molecular formula is C12H9N3. The quantitative estimate of drug-likeness (QED) is 0.560. The second kappa shape index (κ2) is 2.92. The Hall–Kier alpha value is -2.16. The summed E-state index contributed by atoms with van der Waals surface area (Å²) in [6, 6.07) is 9.91. The maximum absolute atomic E-state index is 5.67. The van der Waals surface area contributed by atoms with E-state index in [2.05, 4.69) is 9.97 Å². The van der Waals surface area contributed by atoms with Crippen molar-refractivity contribution in [1.82, 2.24) is 9.97 Å². The van der Waals surface area contributed by atoms with Crippen LogP contribution in [0.15, 0.2) is 42.7 Å². The summed E-state index contributed by atoms with van der Waals surface area (Å²) in [5, 5.41) is 2.21. The first-order valence-corrected chi connectivity index (χ1v) is 4.73. The zero-order valence-corrected chi connectivity index (χ0v) is 8.01. The smallest absolute Gasteiger partial charge is 0.0966 e. The Kier molecular flexibility index (Phi) is 1.59. The van der Waals surface area contributed by atoms with E-state index in [1.165, 1.54) is 0 Å². The van der Waals surface area contributed by atoms with Gasteiger partial charge in [-0.3, -0.25) is 9.97 Å². The second-order valence-corrected chi connectivity index (χ2v) is 3.48. The van der Waals surface area contributed by atoms with Gasteiger partial charge in [-0.25, -0.2) is 0 Å². The third-order valence-corrected chi connectivity index (χ3v) is 2.45. The number of anilines is 1. The summed E-state index contributed by atoms with van der Waals surface area (Å²) < 4.78 is 0. The molecule has 0 aliphatic rings. The van der Waals surface area contributed by atoms with E-state index in [-0.39, 0.29) is 0 Å². The molecule has 0 bridgehead atoms. The molecule has 0 saturated carbocycles. The van der Waals surface area contributed by atoms with Crippen LogP contribution in [0.3, 0.4) is 0 Å². The van der Waals surface area contributed by atoms with Crippen molar-refractivity contribution in [3.05, 3.63) is 42.7 Å². The van der Waals surface area contributed by atoms with Crippen molar-refractivity contribution in [1.29, 1.82) is 0 Å². The molecule has 2 aromatic heterocycles. The van der Waals surface area contributed by atoms with E-state index < -0.39 is 0 Å². The number of nitrogen functional groups attached to an aromatic ring is 1. The minimum absolute atomic E-state index is 0.644. The first-order valence-electron chi connectivity index (χ1n) is 4.73. The van der Waals surface area contributed by atoms with Crippen LogP contribution in [0.4, 0.5) is 5.69 Å². The summed E-state index contributed by atoms with van der Waals surface area (Å²) in [5.41, 5.74) is 8.06. The molecule has 0 atom stereocenters. The summed E-state index contributed by atoms with van der Waals surface area (Å²) in [4.78, 5) is 8.65. The van der Waals surface area contributed by atoms with Crippen LogP contribution in [0.2, 0.25) is 0 Å². The van der Waals surface area contributed by atoms with Crippen molar-refractivity contribution in [3.63, 3.8) is 0 Å². The molecule has 3 nitrogen and oxygen atoms in total. The number of rotatable bonds is 0. The molecule has 0 spiro atoms. The highest BCUT2D eigenvalue weighted by atomic mass is 14.8. The average Bonchev–Trinajstić information content (AvgIpc) is 2.28. The summed E-state index contributed by atoms with van der Waals surface area (Å²) in [6.45, 7) is 0. The van der Waals surface area contributed by atoms with Crippen LogP contribution < -0.4 is 5.73 Å². The SMILES string of the molecule is Nc1cnc2c(c1)ncc1ccccc12. The molecule has 2 heterocycles. The Morgan fingerprint density at radius 1 is 1.00 bits per heavy atom. The number of hydrogen-bond acceptors (Lipinski definition) is 3. The number of benzene rings is 1. The van der Waals surface area contributed by atoms with Gasteiger partial charge in [-0.1, -0.05) is 24.3 Å². The molecule has 0 aliphatic heterocycles. The molecule has 3 aromatic rings. The normalized spacial score (nSPS) is 10.9. The number of aromatic nitrogens is 2. The van der Waals surface area contributed by atoms with Crippen LogP contribution in [0.1, 0.15) is 0 Å². The summed E-state index contributed by atoms with van der Waals surface area (Å²) in [7, 11) is 0. The molecule has 3 rings (SSSR count). The van der Waals surface area contributed by atoms with Crippen LogP contribution in [0, 0.1) is 0 Å². The largest absolute Gasteiger partial charge is 0.397 e. The lowest BCUT2D eigenvalue weighted by atomic mass is 10.1. The number of hydrogen-bond donors (Lipinski definition) is 1. The van der Waals surface area contributed by atoms with Crippen LogP contribution >= 0.6 is 0 Å². The number of nitrogens with zero attached hydrogens (tertiary/aromatic N) is 2. The Balaban J connectivity index is 2.55. The molecule has 15 heavy (non-hydrogen) atoms. The topological polar surface area (TPSA) is 51.8 Å². The van der Waals surface area contributed by atoms with Crippen LogP contribution in [-0.4, -0.2) is 9.97 Å². The minimum atomic E-state index is 0.644. The van der Waals surface area contributed by atoms with E-state index in [1.807, 2.05) is 36.5 Å². The van der Waals surface area contributed by atoms with Gasteiger partial charge in [0, 0.05) is 17.0 Å². The van der Waals surface area contributed by atoms with Gasteiger partial charge in [0.2, 0.25) is 0 Å². The van der Waals surface area contributed by atoms with Crippen molar-refractivity contribution in [2.45, 2.75) is 0 Å². The van der Waals surface area contributed by atoms with Crippen LogP contribution in [-0.2, 0) is 0 Å². The first kappa shape index (κ1) is 8.17. The Morgan fingerprint density at radius 3 is 2.80 bits per heavy atom. The first-order chi connectivity index (χ1) is 7.34. The Bertz CT molecular complexity index is 646. The van der Waals surface area contributed by atoms with Crippen molar-refractivity contribution in [2.75, 3.05) is 5.73 Å². The van der Waals surface area contributed by atoms with Gasteiger partial charge in [0.1, 0.15) is 0 Å². The summed E-state index contributed by atoms with van der Waals surface area (Å²) in [5.74, 6) is 0. The van der Waals surface area contributed by atoms with Crippen LogP contribution in [0.25, 0.3) is 21.8 Å². The fraction of sp³-hybridized carbons (Fsp3) is 0. The molecule has 2 N–H and O–H groups in total. The third kappa shape index (κ3) is 1.21. The van der Waals surface area contributed by atoms with Crippen molar-refractivity contribution in [2.24, 2.45) is 0 Å². The predicted molar refractivity (Wildman–Crippen MR) is 61.5 cm³/mol. The Labute approximate surface area is 86.6 Å². The van der Waals surface area contributed by atoms with Crippen molar-refractivity contribution < 1.29 is 0 Å². The molecule has 0 saturated heterocycles. The molecule has 72 valence electrons. The van der Waals surface area contributed by atoms with Gasteiger partial charge in [0.15, 0.2) is 0 Å². The molecule has 3 heteroatoms. The van der Waals surface area contributed by atoms with Gasteiger partial charge in [-0.2, -0.15) is 0 Å². The van der Waals surface area contributed by atoms with E-state index in [0.717, 1.165) is 21.8 Å². The molecule has 1 aromatic carbocycles. The zero-order valence-electron chi connectivity index (χ0n) is 8.01. The van der Waals surface area contributed by atoms with Crippen LogP contribution in [0.5, 0.6) is 0 Å². The lowest BCUT2D eigenvalue weighted by Crippen LogP contribution is -1.89. The fourth-order valence-electron chi connectivity index (χ4n) is 1.74. The lowest BCUT2D eigenvalue weighted by molar-refractivity contribution is 1.36. The highest BCUT2D eigenvalue weighted by molar-refractivity contribution is 6.03. The molecular weight excluding hydrogens is 186 g/mol. The third-order valence-electron chi connectivity index (χ3n) is 2.45. The van der Waals surface area contributed by atoms with E-state index in [0.29, 0.717) is 5.69 Å². The number of fused-ring (bicyclic) bond motifs is 3. The highest BCUT2D eigenvalue weighted by Crippen LogP contribution is 2.22. The molecule has 0 unspecified atom stereocenters. The lowest BCUT2D eigenvalue weighted by Gasteiger charge is -2.02. The van der Waals surface area contributed by atoms with Gasteiger partial charge in [-0.05, 0) is 6.07 Å². The van der Waals surface area contributed by atoms with Gasteiger partial charge in [-0.15, -0.1) is 0 Å². The number of nitrogens with two attached hydrogens (primary N) is 1. The van der Waals surface area contributed by atoms with E-state index in [9.17, 15) is 0 Å². The van der Waals surface area contributed by atoms with E-state index >= 15 is 0 Å². The van der Waals surface area contributed by atoms with Crippen molar-refractivity contribution >= 4 is 27.5 Å². The molecule has 0 amide bonds. The van der Waals surface area contributed by atoms with E-state index in [1.54, 1.807) is 6.20 Å². The number of pyridine rings is 2. The van der Waals surface area contributed by atoms with Gasteiger partial charge in [0.05, 0.1) is 22.9 Å². The van der Waals surface area contributed by atoms with Gasteiger partial charge < -0.3 is 5.73 Å². The highest BCUT2D eigenvalue weighted by Gasteiger charge is 2.01. The monoisotopic (exact) mass is 195 g/mol. The second-order valence-electron chi connectivity index (χ2n) is 3.48. The standard InChI is InChI=1S/C12H9N3/c13-9-5-11-12(15-7-9)10-4-2-1-3-8(10)6-14-11/h1-7H,13H2. The fourth-order valence-corrected chi connectivity index (χ4v) is 1.74. The average molecular weight is 195 g/mol. The molecule has 0 radical (unpaired) electrons. The zero-order chi connectivity index (χ0) is 10.3. The van der Waals surface area contributed by atoms with Gasteiger partial charge >= 0.3 is 0 Å². The minimum Gasteiger partial charge on any atom is -0.397 e. The maximum Gasteiger partial charge on any atom is 0.0966 e. The molecule has 0 aliphatic carbocycles. The van der Waals surface area contributed by atoms with Crippen molar-refractivity contribution in [3.8, 4) is 0 Å². The Morgan fingerprint density at radius 2 is 1.87 bits per heavy atom. The maximum atomic E-state index is 5.67. The van der Waals surface area contributed by atoms with E-state index in [4.69, 9.17) is 5.73 Å². The molecule has 0 fully saturated rings. The van der Waals surface area contributed by atoms with Gasteiger partial charge in [0.25, 0.3) is 0 Å².